The normalized spacial score (nSPS) is 22.6. The highest BCUT2D eigenvalue weighted by Crippen LogP contribution is 2.29. The molecule has 2 aliphatic rings. The number of benzene rings is 1. The summed E-state index contributed by atoms with van der Waals surface area (Å²) in [7, 11) is 0. The van der Waals surface area contributed by atoms with Gasteiger partial charge in [-0.2, -0.15) is 0 Å². The average molecular weight is 259 g/mol. The van der Waals surface area contributed by atoms with Gasteiger partial charge in [0.05, 0.1) is 0 Å². The monoisotopic (exact) mass is 259 g/mol. The lowest BCUT2D eigenvalue weighted by Crippen LogP contribution is -2.25. The zero-order valence-electron chi connectivity index (χ0n) is 10.8. The van der Waals surface area contributed by atoms with Crippen molar-refractivity contribution in [1.82, 2.24) is 0 Å². The Morgan fingerprint density at radius 1 is 1.16 bits per heavy atom. The van der Waals surface area contributed by atoms with Crippen molar-refractivity contribution in [3.8, 4) is 5.75 Å². The van der Waals surface area contributed by atoms with Gasteiger partial charge in [-0.1, -0.05) is 6.07 Å². The van der Waals surface area contributed by atoms with Crippen molar-refractivity contribution in [3.05, 3.63) is 23.8 Å². The van der Waals surface area contributed by atoms with Crippen LogP contribution in [0.2, 0.25) is 0 Å². The van der Waals surface area contributed by atoms with Crippen LogP contribution in [0.25, 0.3) is 0 Å². The summed E-state index contributed by atoms with van der Waals surface area (Å²) in [5, 5.41) is 2.86. The summed E-state index contributed by atoms with van der Waals surface area (Å²) in [4.78, 5) is 22.8. The van der Waals surface area contributed by atoms with Crippen LogP contribution in [0.15, 0.2) is 18.2 Å². The Morgan fingerprint density at radius 3 is 2.89 bits per heavy atom. The second-order valence-corrected chi connectivity index (χ2v) is 5.24. The van der Waals surface area contributed by atoms with E-state index in [1.54, 1.807) is 0 Å². The van der Waals surface area contributed by atoms with Gasteiger partial charge in [0.15, 0.2) is 0 Å². The highest BCUT2D eigenvalue weighted by atomic mass is 16.5. The van der Waals surface area contributed by atoms with Crippen LogP contribution in [-0.2, 0) is 16.0 Å². The number of Topliss-reactive ketones (excluding diaryl/α,β-unsaturated/α-hetero) is 1. The minimum atomic E-state index is -0.0152. The molecule has 4 nitrogen and oxygen atoms in total. The van der Waals surface area contributed by atoms with Gasteiger partial charge in [0.2, 0.25) is 5.91 Å². The molecule has 1 aromatic rings. The Kier molecular flexibility index (Phi) is 3.23. The van der Waals surface area contributed by atoms with Gasteiger partial charge < -0.3 is 10.1 Å². The van der Waals surface area contributed by atoms with E-state index in [9.17, 15) is 9.59 Å². The number of anilines is 1. The zero-order chi connectivity index (χ0) is 13.2. The second kappa shape index (κ2) is 5.03. The van der Waals surface area contributed by atoms with E-state index < -0.39 is 0 Å². The summed E-state index contributed by atoms with van der Waals surface area (Å²) >= 11 is 0. The smallest absolute Gasteiger partial charge is 0.224 e. The Balaban J connectivity index is 1.73. The third kappa shape index (κ3) is 2.78. The molecule has 0 aromatic heterocycles. The van der Waals surface area contributed by atoms with E-state index in [0.29, 0.717) is 19.3 Å². The standard InChI is InChI=1S/C15H17NO3/c17-11-2-1-3-12(8-11)19-13-6-4-10-5-7-15(18)16-14(10)9-13/h4,6,9,12H,1-3,5,7-8H2,(H,16,18). The highest BCUT2D eigenvalue weighted by Gasteiger charge is 2.22. The second-order valence-electron chi connectivity index (χ2n) is 5.24. The molecule has 0 saturated heterocycles. The number of aryl methyl sites for hydroxylation is 1. The van der Waals surface area contributed by atoms with Crippen molar-refractivity contribution in [2.24, 2.45) is 0 Å². The Morgan fingerprint density at radius 2 is 2.05 bits per heavy atom. The van der Waals surface area contributed by atoms with E-state index in [1.165, 1.54) is 0 Å². The van der Waals surface area contributed by atoms with Gasteiger partial charge in [0.1, 0.15) is 17.6 Å². The number of nitrogens with one attached hydrogen (secondary N) is 1. The lowest BCUT2D eigenvalue weighted by molar-refractivity contribution is -0.122. The summed E-state index contributed by atoms with van der Waals surface area (Å²) in [6, 6.07) is 5.79. The maximum Gasteiger partial charge on any atom is 0.224 e. The largest absolute Gasteiger partial charge is 0.490 e. The first-order chi connectivity index (χ1) is 9.20. The van der Waals surface area contributed by atoms with Gasteiger partial charge in [-0.3, -0.25) is 9.59 Å². The molecule has 1 heterocycles. The summed E-state index contributed by atoms with van der Waals surface area (Å²) in [5.41, 5.74) is 1.99. The van der Waals surface area contributed by atoms with E-state index >= 15 is 0 Å². The van der Waals surface area contributed by atoms with Crippen molar-refractivity contribution < 1.29 is 14.3 Å². The predicted octanol–water partition coefficient (Wildman–Crippen LogP) is 2.46. The number of ketones is 1. The maximum absolute atomic E-state index is 11.4. The minimum Gasteiger partial charge on any atom is -0.490 e. The number of fused-ring (bicyclic) bond motifs is 1. The number of hydrogen-bond donors (Lipinski definition) is 1. The highest BCUT2D eigenvalue weighted by molar-refractivity contribution is 5.94. The molecule has 0 radical (unpaired) electrons. The number of carbonyl (C=O) groups is 2. The van der Waals surface area contributed by atoms with Crippen LogP contribution in [0.5, 0.6) is 5.75 Å². The molecule has 1 atom stereocenters. The van der Waals surface area contributed by atoms with Gasteiger partial charge >= 0.3 is 0 Å². The Labute approximate surface area is 112 Å². The SMILES string of the molecule is O=C1CCCC(Oc2ccc3c(c2)NC(=O)CC3)C1. The molecule has 1 fully saturated rings. The van der Waals surface area contributed by atoms with E-state index in [-0.39, 0.29) is 17.8 Å². The van der Waals surface area contributed by atoms with Crippen molar-refractivity contribution >= 4 is 17.4 Å². The quantitative estimate of drug-likeness (QED) is 0.887. The first-order valence-corrected chi connectivity index (χ1v) is 6.82. The predicted molar refractivity (Wildman–Crippen MR) is 71.3 cm³/mol. The molecule has 1 aliphatic heterocycles. The first-order valence-electron chi connectivity index (χ1n) is 6.82. The Hall–Kier alpha value is -1.84. The summed E-state index contributed by atoms with van der Waals surface area (Å²) in [5.74, 6) is 1.07. The lowest BCUT2D eigenvalue weighted by atomic mass is 9.96. The molecule has 0 bridgehead atoms. The molecule has 19 heavy (non-hydrogen) atoms. The maximum atomic E-state index is 11.4. The molecule has 1 aromatic carbocycles. The topological polar surface area (TPSA) is 55.4 Å². The minimum absolute atomic E-state index is 0.0152. The fourth-order valence-electron chi connectivity index (χ4n) is 2.70. The van der Waals surface area contributed by atoms with Gasteiger partial charge in [0.25, 0.3) is 0 Å². The molecule has 1 saturated carbocycles. The molecule has 1 unspecified atom stereocenters. The average Bonchev–Trinajstić information content (AvgIpc) is 2.38. The van der Waals surface area contributed by atoms with E-state index in [2.05, 4.69) is 5.32 Å². The molecular formula is C15H17NO3. The molecule has 3 rings (SSSR count). The van der Waals surface area contributed by atoms with Crippen LogP contribution in [0.4, 0.5) is 5.69 Å². The van der Waals surface area contributed by atoms with Crippen molar-refractivity contribution in [1.29, 1.82) is 0 Å². The van der Waals surface area contributed by atoms with Crippen LogP contribution in [-0.4, -0.2) is 17.8 Å². The fourth-order valence-corrected chi connectivity index (χ4v) is 2.70. The Bertz CT molecular complexity index is 524. The van der Waals surface area contributed by atoms with Gasteiger partial charge in [-0.15, -0.1) is 0 Å². The van der Waals surface area contributed by atoms with Crippen LogP contribution in [0.1, 0.15) is 37.7 Å². The molecule has 1 amide bonds. The zero-order valence-corrected chi connectivity index (χ0v) is 10.8. The molecule has 100 valence electrons. The van der Waals surface area contributed by atoms with Gasteiger partial charge in [-0.25, -0.2) is 0 Å². The summed E-state index contributed by atoms with van der Waals surface area (Å²) in [6.45, 7) is 0. The van der Waals surface area contributed by atoms with Gasteiger partial charge in [-0.05, 0) is 30.9 Å². The number of rotatable bonds is 2. The molecule has 1 N–H and O–H groups in total. The first kappa shape index (κ1) is 12.2. The van der Waals surface area contributed by atoms with Crippen LogP contribution in [0.3, 0.4) is 0 Å². The summed E-state index contributed by atoms with van der Waals surface area (Å²) in [6.07, 6.45) is 4.33. The van der Waals surface area contributed by atoms with Gasteiger partial charge in [0, 0.05) is 31.0 Å². The molecular weight excluding hydrogens is 242 g/mol. The van der Waals surface area contributed by atoms with Crippen LogP contribution < -0.4 is 10.1 Å². The van der Waals surface area contributed by atoms with Crippen molar-refractivity contribution in [2.75, 3.05) is 5.32 Å². The fraction of sp³-hybridized carbons (Fsp3) is 0.467. The van der Waals surface area contributed by atoms with E-state index in [0.717, 1.165) is 36.3 Å². The van der Waals surface area contributed by atoms with E-state index in [1.807, 2.05) is 18.2 Å². The lowest BCUT2D eigenvalue weighted by Gasteiger charge is -2.23. The van der Waals surface area contributed by atoms with Crippen LogP contribution in [0, 0.1) is 0 Å². The summed E-state index contributed by atoms with van der Waals surface area (Å²) < 4.78 is 5.85. The molecule has 4 heteroatoms. The molecule has 0 spiro atoms. The number of carbonyl (C=O) groups excluding carboxylic acids is 2. The third-order valence-electron chi connectivity index (χ3n) is 3.72. The third-order valence-corrected chi connectivity index (χ3v) is 3.72. The van der Waals surface area contributed by atoms with Crippen molar-refractivity contribution in [3.63, 3.8) is 0 Å². The van der Waals surface area contributed by atoms with E-state index in [4.69, 9.17) is 4.74 Å². The van der Waals surface area contributed by atoms with Crippen molar-refractivity contribution in [2.45, 2.75) is 44.6 Å². The number of amides is 1. The van der Waals surface area contributed by atoms with Crippen LogP contribution >= 0.6 is 0 Å². The number of ether oxygens (including phenoxy) is 1. The molecule has 1 aliphatic carbocycles. The number of hydrogen-bond acceptors (Lipinski definition) is 3.